The number of hydrogen-bond acceptors (Lipinski definition) is 6. The van der Waals surface area contributed by atoms with Crippen LogP contribution in [-0.4, -0.2) is 51.7 Å². The molecule has 126 valence electrons. The van der Waals surface area contributed by atoms with E-state index in [1.165, 1.54) is 17.7 Å². The molecule has 0 radical (unpaired) electrons. The number of nitrogens with one attached hydrogen (secondary N) is 1. The van der Waals surface area contributed by atoms with Crippen molar-refractivity contribution < 1.29 is 22.4 Å². The Morgan fingerprint density at radius 3 is 2.68 bits per heavy atom. The Balaban J connectivity index is 2.38. The Kier molecular flexibility index (Phi) is 7.05. The minimum absolute atomic E-state index is 0.417. The van der Waals surface area contributed by atoms with Crippen LogP contribution in [0.1, 0.15) is 35.2 Å². The van der Waals surface area contributed by atoms with E-state index in [1.807, 2.05) is 6.92 Å². The van der Waals surface area contributed by atoms with Gasteiger partial charge >= 0.3 is 5.97 Å². The predicted molar refractivity (Wildman–Crippen MR) is 83.2 cm³/mol. The predicted octanol–water partition coefficient (Wildman–Crippen LogP) is 1.14. The van der Waals surface area contributed by atoms with Crippen LogP contribution in [0.4, 0.5) is 0 Å². The number of furan rings is 1. The van der Waals surface area contributed by atoms with E-state index in [-0.39, 0.29) is 0 Å². The summed E-state index contributed by atoms with van der Waals surface area (Å²) in [5.41, 5.74) is 0.425. The van der Waals surface area contributed by atoms with Crippen molar-refractivity contribution in [2.24, 2.45) is 0 Å². The average Bonchev–Trinajstić information content (AvgIpc) is 2.81. The molecule has 8 heteroatoms. The van der Waals surface area contributed by atoms with E-state index in [9.17, 15) is 13.2 Å². The molecule has 0 aliphatic carbocycles. The van der Waals surface area contributed by atoms with Crippen molar-refractivity contribution in [1.29, 1.82) is 0 Å². The van der Waals surface area contributed by atoms with E-state index < -0.39 is 16.0 Å². The number of ether oxygens (including phenoxy) is 1. The third kappa shape index (κ3) is 5.43. The lowest BCUT2D eigenvalue weighted by molar-refractivity contribution is 0.0599. The van der Waals surface area contributed by atoms with Crippen LogP contribution in [0.3, 0.4) is 0 Å². The normalized spacial score (nSPS) is 11.9. The smallest absolute Gasteiger partial charge is 0.341 e. The van der Waals surface area contributed by atoms with Crippen LogP contribution >= 0.6 is 0 Å². The molecule has 0 spiro atoms. The minimum atomic E-state index is -3.13. The summed E-state index contributed by atoms with van der Waals surface area (Å²) < 4.78 is 34.4. The number of carbonyl (C=O) groups excluding carboxylic acids is 1. The number of nitrogens with zero attached hydrogens (tertiary/aromatic N) is 1. The Hall–Kier alpha value is -1.38. The standard InChI is InChI=1S/C14H24N2O5S/c1-5-16(22(4,18)19)8-6-7-15-10-12-9-13(11(2)21-12)14(17)20-3/h9,15H,5-8,10H2,1-4H3. The van der Waals surface area contributed by atoms with E-state index >= 15 is 0 Å². The lowest BCUT2D eigenvalue weighted by Gasteiger charge is -2.17. The fourth-order valence-corrected chi connectivity index (χ4v) is 3.02. The summed E-state index contributed by atoms with van der Waals surface area (Å²) in [6.07, 6.45) is 1.91. The summed E-state index contributed by atoms with van der Waals surface area (Å²) in [6.45, 7) is 5.60. The van der Waals surface area contributed by atoms with Crippen molar-refractivity contribution in [2.45, 2.75) is 26.8 Å². The molecule has 0 aliphatic heterocycles. The van der Waals surface area contributed by atoms with Gasteiger partial charge in [0, 0.05) is 13.1 Å². The molecule has 7 nitrogen and oxygen atoms in total. The fourth-order valence-electron chi connectivity index (χ4n) is 2.09. The number of carbonyl (C=O) groups is 1. The zero-order valence-corrected chi connectivity index (χ0v) is 14.3. The maximum atomic E-state index is 11.5. The summed E-state index contributed by atoms with van der Waals surface area (Å²) in [7, 11) is -1.81. The molecule has 1 N–H and O–H groups in total. The third-order valence-electron chi connectivity index (χ3n) is 3.26. The molecule has 1 aromatic heterocycles. The van der Waals surface area contributed by atoms with Crippen LogP contribution in [0.15, 0.2) is 10.5 Å². The topological polar surface area (TPSA) is 88.8 Å². The molecule has 22 heavy (non-hydrogen) atoms. The monoisotopic (exact) mass is 332 g/mol. The van der Waals surface area contributed by atoms with Gasteiger partial charge in [-0.3, -0.25) is 0 Å². The van der Waals surface area contributed by atoms with E-state index in [2.05, 4.69) is 10.1 Å². The van der Waals surface area contributed by atoms with Crippen molar-refractivity contribution in [3.05, 3.63) is 23.2 Å². The Labute approximate surface area is 131 Å². The maximum absolute atomic E-state index is 11.5. The maximum Gasteiger partial charge on any atom is 0.341 e. The molecule has 0 aliphatic rings. The second-order valence-electron chi connectivity index (χ2n) is 4.96. The number of hydrogen-bond donors (Lipinski definition) is 1. The van der Waals surface area contributed by atoms with Gasteiger partial charge in [0.1, 0.15) is 17.1 Å². The first-order valence-corrected chi connectivity index (χ1v) is 8.97. The van der Waals surface area contributed by atoms with Crippen molar-refractivity contribution in [2.75, 3.05) is 33.0 Å². The first-order valence-electron chi connectivity index (χ1n) is 7.13. The molecule has 0 fully saturated rings. The molecule has 0 amide bonds. The first kappa shape index (κ1) is 18.7. The van der Waals surface area contributed by atoms with Gasteiger partial charge in [0.05, 0.1) is 19.9 Å². The van der Waals surface area contributed by atoms with Gasteiger partial charge in [-0.15, -0.1) is 0 Å². The summed E-state index contributed by atoms with van der Waals surface area (Å²) in [5.74, 6) is 0.755. The lowest BCUT2D eigenvalue weighted by atomic mass is 10.2. The molecule has 0 bridgehead atoms. The molecule has 1 aromatic rings. The second kappa shape index (κ2) is 8.30. The summed E-state index contributed by atoms with van der Waals surface area (Å²) in [6, 6.07) is 1.66. The highest BCUT2D eigenvalue weighted by molar-refractivity contribution is 7.88. The zero-order chi connectivity index (χ0) is 16.8. The van der Waals surface area contributed by atoms with E-state index in [4.69, 9.17) is 4.42 Å². The van der Waals surface area contributed by atoms with Crippen LogP contribution in [0.25, 0.3) is 0 Å². The van der Waals surface area contributed by atoms with Gasteiger partial charge in [0.15, 0.2) is 0 Å². The average molecular weight is 332 g/mol. The molecular weight excluding hydrogens is 308 g/mol. The van der Waals surface area contributed by atoms with Crippen LogP contribution in [0.2, 0.25) is 0 Å². The first-order chi connectivity index (χ1) is 10.3. The van der Waals surface area contributed by atoms with Gasteiger partial charge < -0.3 is 14.5 Å². The Morgan fingerprint density at radius 2 is 2.14 bits per heavy atom. The van der Waals surface area contributed by atoms with Crippen LogP contribution in [0, 0.1) is 6.92 Å². The highest BCUT2D eigenvalue weighted by Gasteiger charge is 2.15. The van der Waals surface area contributed by atoms with Crippen LogP contribution in [-0.2, 0) is 21.3 Å². The number of rotatable bonds is 9. The molecule has 1 rings (SSSR count). The largest absolute Gasteiger partial charge is 0.465 e. The number of sulfonamides is 1. The number of esters is 1. The van der Waals surface area contributed by atoms with Crippen molar-refractivity contribution in [3.63, 3.8) is 0 Å². The molecule has 0 unspecified atom stereocenters. The van der Waals surface area contributed by atoms with E-state index in [0.717, 1.165) is 0 Å². The van der Waals surface area contributed by atoms with Crippen LogP contribution < -0.4 is 5.32 Å². The van der Waals surface area contributed by atoms with Crippen LogP contribution in [0.5, 0.6) is 0 Å². The van der Waals surface area contributed by atoms with Gasteiger partial charge in [-0.2, -0.15) is 0 Å². The minimum Gasteiger partial charge on any atom is -0.465 e. The van der Waals surface area contributed by atoms with Crippen molar-refractivity contribution in [3.8, 4) is 0 Å². The molecule has 0 aromatic carbocycles. The van der Waals surface area contributed by atoms with E-state index in [1.54, 1.807) is 13.0 Å². The molecule has 0 atom stereocenters. The van der Waals surface area contributed by atoms with Gasteiger partial charge in [-0.25, -0.2) is 17.5 Å². The quantitative estimate of drug-likeness (QED) is 0.539. The number of aryl methyl sites for hydroxylation is 1. The molecule has 1 heterocycles. The molecular formula is C14H24N2O5S. The lowest BCUT2D eigenvalue weighted by Crippen LogP contribution is -2.32. The van der Waals surface area contributed by atoms with Gasteiger partial charge in [-0.05, 0) is 26.0 Å². The highest BCUT2D eigenvalue weighted by Crippen LogP contribution is 2.15. The summed E-state index contributed by atoms with van der Waals surface area (Å²) >= 11 is 0. The summed E-state index contributed by atoms with van der Waals surface area (Å²) in [4.78, 5) is 11.5. The fraction of sp³-hybridized carbons (Fsp3) is 0.643. The Bertz CT molecular complexity index is 594. The summed E-state index contributed by atoms with van der Waals surface area (Å²) in [5, 5.41) is 3.16. The van der Waals surface area contributed by atoms with Gasteiger partial charge in [0.2, 0.25) is 10.0 Å². The Morgan fingerprint density at radius 1 is 1.45 bits per heavy atom. The van der Waals surface area contributed by atoms with Crippen molar-refractivity contribution >= 4 is 16.0 Å². The van der Waals surface area contributed by atoms with Crippen molar-refractivity contribution in [1.82, 2.24) is 9.62 Å². The highest BCUT2D eigenvalue weighted by atomic mass is 32.2. The van der Waals surface area contributed by atoms with Gasteiger partial charge in [0.25, 0.3) is 0 Å². The van der Waals surface area contributed by atoms with Gasteiger partial charge in [-0.1, -0.05) is 6.92 Å². The molecule has 0 saturated carbocycles. The SMILES string of the molecule is CCN(CCCNCc1cc(C(=O)OC)c(C)o1)S(C)(=O)=O. The van der Waals surface area contributed by atoms with E-state index in [0.29, 0.717) is 49.7 Å². The second-order valence-corrected chi connectivity index (χ2v) is 6.94. The molecule has 0 saturated heterocycles. The number of methoxy groups -OCH3 is 1. The third-order valence-corrected chi connectivity index (χ3v) is 4.63. The zero-order valence-electron chi connectivity index (χ0n) is 13.5.